The minimum absolute atomic E-state index is 0.250. The Morgan fingerprint density at radius 1 is 1.25 bits per heavy atom. The molecule has 0 saturated heterocycles. The van der Waals surface area contributed by atoms with Crippen LogP contribution in [-0.2, 0) is 0 Å². The van der Waals surface area contributed by atoms with Crippen molar-refractivity contribution >= 4 is 0 Å². The van der Waals surface area contributed by atoms with Crippen LogP contribution in [0.5, 0.6) is 5.75 Å². The molecule has 0 saturated carbocycles. The van der Waals surface area contributed by atoms with Crippen LogP contribution in [0.4, 0.5) is 0 Å². The highest BCUT2D eigenvalue weighted by Gasteiger charge is 2.30. The number of aliphatic hydroxyl groups excluding tert-OH is 1. The SMILES string of the molecule is COc1ccccc1[C@@H](N)[C@@H](O)C(C)(C)C. The molecule has 0 aliphatic heterocycles. The second-order valence-electron chi connectivity index (χ2n) is 5.08. The Balaban J connectivity index is 3.00. The van der Waals surface area contributed by atoms with Crippen LogP contribution >= 0.6 is 0 Å². The minimum atomic E-state index is -0.608. The van der Waals surface area contributed by atoms with Gasteiger partial charge in [-0.3, -0.25) is 0 Å². The molecule has 0 spiro atoms. The van der Waals surface area contributed by atoms with Gasteiger partial charge < -0.3 is 15.6 Å². The van der Waals surface area contributed by atoms with Crippen molar-refractivity contribution in [3.8, 4) is 5.75 Å². The van der Waals surface area contributed by atoms with Crippen molar-refractivity contribution in [3.05, 3.63) is 29.8 Å². The van der Waals surface area contributed by atoms with Gasteiger partial charge in [0, 0.05) is 5.56 Å². The van der Waals surface area contributed by atoms with E-state index in [1.54, 1.807) is 7.11 Å². The smallest absolute Gasteiger partial charge is 0.123 e. The quantitative estimate of drug-likeness (QED) is 0.825. The van der Waals surface area contributed by atoms with Gasteiger partial charge in [0.25, 0.3) is 0 Å². The van der Waals surface area contributed by atoms with E-state index in [1.807, 2.05) is 45.0 Å². The number of ether oxygens (including phenoxy) is 1. The summed E-state index contributed by atoms with van der Waals surface area (Å²) in [5.41, 5.74) is 6.66. The molecule has 3 heteroatoms. The van der Waals surface area contributed by atoms with Crippen molar-refractivity contribution in [2.24, 2.45) is 11.1 Å². The molecule has 0 unspecified atom stereocenters. The first-order valence-electron chi connectivity index (χ1n) is 5.44. The molecule has 0 bridgehead atoms. The van der Waals surface area contributed by atoms with Crippen molar-refractivity contribution in [1.82, 2.24) is 0 Å². The predicted octanol–water partition coefficient (Wildman–Crippen LogP) is 2.10. The Morgan fingerprint density at radius 2 is 1.81 bits per heavy atom. The summed E-state index contributed by atoms with van der Waals surface area (Å²) >= 11 is 0. The highest BCUT2D eigenvalue weighted by molar-refractivity contribution is 5.36. The van der Waals surface area contributed by atoms with Gasteiger partial charge in [-0.2, -0.15) is 0 Å². The predicted molar refractivity (Wildman–Crippen MR) is 65.4 cm³/mol. The average Bonchev–Trinajstić information content (AvgIpc) is 2.25. The number of benzene rings is 1. The van der Waals surface area contributed by atoms with Crippen LogP contribution in [0.25, 0.3) is 0 Å². The van der Waals surface area contributed by atoms with Gasteiger partial charge in [-0.15, -0.1) is 0 Å². The monoisotopic (exact) mass is 223 g/mol. The van der Waals surface area contributed by atoms with E-state index in [0.717, 1.165) is 11.3 Å². The molecule has 0 aliphatic rings. The normalized spacial score (nSPS) is 15.6. The van der Waals surface area contributed by atoms with Gasteiger partial charge in [0.15, 0.2) is 0 Å². The maximum atomic E-state index is 10.1. The van der Waals surface area contributed by atoms with Crippen molar-refractivity contribution in [2.45, 2.75) is 32.9 Å². The summed E-state index contributed by atoms with van der Waals surface area (Å²) in [6, 6.07) is 7.09. The van der Waals surface area contributed by atoms with E-state index in [4.69, 9.17) is 10.5 Å². The molecular weight excluding hydrogens is 202 g/mol. The van der Waals surface area contributed by atoms with Gasteiger partial charge in [-0.1, -0.05) is 39.0 Å². The topological polar surface area (TPSA) is 55.5 Å². The molecule has 0 aliphatic carbocycles. The van der Waals surface area contributed by atoms with Crippen LogP contribution in [0.3, 0.4) is 0 Å². The number of methoxy groups -OCH3 is 1. The van der Waals surface area contributed by atoms with E-state index < -0.39 is 12.1 Å². The summed E-state index contributed by atoms with van der Waals surface area (Å²) in [6.07, 6.45) is -0.608. The Hall–Kier alpha value is -1.06. The van der Waals surface area contributed by atoms with Crippen molar-refractivity contribution < 1.29 is 9.84 Å². The maximum Gasteiger partial charge on any atom is 0.123 e. The Morgan fingerprint density at radius 3 is 2.31 bits per heavy atom. The lowest BCUT2D eigenvalue weighted by Crippen LogP contribution is -2.37. The number of aliphatic hydroxyl groups is 1. The van der Waals surface area contributed by atoms with E-state index in [1.165, 1.54) is 0 Å². The number of rotatable bonds is 3. The summed E-state index contributed by atoms with van der Waals surface area (Å²) in [4.78, 5) is 0. The molecule has 90 valence electrons. The fourth-order valence-corrected chi connectivity index (χ4v) is 1.65. The minimum Gasteiger partial charge on any atom is -0.496 e. The molecule has 3 nitrogen and oxygen atoms in total. The molecule has 3 N–H and O–H groups in total. The van der Waals surface area contributed by atoms with Crippen molar-refractivity contribution in [1.29, 1.82) is 0 Å². The average molecular weight is 223 g/mol. The standard InChI is InChI=1S/C13H21NO2/c1-13(2,3)12(15)11(14)9-7-5-6-8-10(9)16-4/h5-8,11-12,15H,14H2,1-4H3/t11-,12-/m1/s1. The fraction of sp³-hybridized carbons (Fsp3) is 0.538. The van der Waals surface area contributed by atoms with Crippen LogP contribution in [0.2, 0.25) is 0 Å². The molecule has 1 rings (SSSR count). The molecule has 1 aromatic carbocycles. The molecule has 0 radical (unpaired) electrons. The zero-order valence-corrected chi connectivity index (χ0v) is 10.4. The molecule has 1 aromatic rings. The van der Waals surface area contributed by atoms with Gasteiger partial charge in [-0.05, 0) is 11.5 Å². The van der Waals surface area contributed by atoms with Gasteiger partial charge in [0.05, 0.1) is 19.3 Å². The lowest BCUT2D eigenvalue weighted by atomic mass is 9.82. The van der Waals surface area contributed by atoms with E-state index in [-0.39, 0.29) is 5.41 Å². The second-order valence-corrected chi connectivity index (χ2v) is 5.08. The first-order chi connectivity index (χ1) is 7.38. The van der Waals surface area contributed by atoms with Gasteiger partial charge in [0.2, 0.25) is 0 Å². The van der Waals surface area contributed by atoms with E-state index >= 15 is 0 Å². The van der Waals surface area contributed by atoms with E-state index in [2.05, 4.69) is 0 Å². The number of hydrogen-bond acceptors (Lipinski definition) is 3. The largest absolute Gasteiger partial charge is 0.496 e. The van der Waals surface area contributed by atoms with Crippen LogP contribution in [0.15, 0.2) is 24.3 Å². The lowest BCUT2D eigenvalue weighted by molar-refractivity contribution is 0.0394. The van der Waals surface area contributed by atoms with Crippen LogP contribution in [0, 0.1) is 5.41 Å². The Labute approximate surface area is 97.2 Å². The molecule has 0 fully saturated rings. The van der Waals surface area contributed by atoms with E-state index in [0.29, 0.717) is 0 Å². The first kappa shape index (κ1) is 13.0. The van der Waals surface area contributed by atoms with Gasteiger partial charge in [0.1, 0.15) is 5.75 Å². The molecule has 16 heavy (non-hydrogen) atoms. The fourth-order valence-electron chi connectivity index (χ4n) is 1.65. The molecule has 0 aromatic heterocycles. The highest BCUT2D eigenvalue weighted by atomic mass is 16.5. The molecule has 2 atom stereocenters. The maximum absolute atomic E-state index is 10.1. The third kappa shape index (κ3) is 2.74. The second kappa shape index (κ2) is 4.85. The van der Waals surface area contributed by atoms with Crippen LogP contribution in [-0.4, -0.2) is 18.3 Å². The zero-order valence-electron chi connectivity index (χ0n) is 10.4. The summed E-state index contributed by atoms with van der Waals surface area (Å²) in [6.45, 7) is 5.90. The molecule has 0 heterocycles. The van der Waals surface area contributed by atoms with Gasteiger partial charge >= 0.3 is 0 Å². The number of nitrogens with two attached hydrogens (primary N) is 1. The Bertz CT molecular complexity index is 344. The van der Waals surface area contributed by atoms with E-state index in [9.17, 15) is 5.11 Å². The zero-order chi connectivity index (χ0) is 12.3. The summed E-state index contributed by atoms with van der Waals surface area (Å²) < 4.78 is 5.24. The summed E-state index contributed by atoms with van der Waals surface area (Å²) in [5.74, 6) is 0.721. The highest BCUT2D eigenvalue weighted by Crippen LogP contribution is 2.32. The lowest BCUT2D eigenvalue weighted by Gasteiger charge is -2.31. The summed E-state index contributed by atoms with van der Waals surface area (Å²) in [5, 5.41) is 10.1. The molecule has 0 amide bonds. The van der Waals surface area contributed by atoms with Crippen molar-refractivity contribution in [3.63, 3.8) is 0 Å². The Kier molecular flexibility index (Phi) is 3.94. The van der Waals surface area contributed by atoms with Crippen molar-refractivity contribution in [2.75, 3.05) is 7.11 Å². The van der Waals surface area contributed by atoms with Crippen LogP contribution in [0.1, 0.15) is 32.4 Å². The van der Waals surface area contributed by atoms with Crippen LogP contribution < -0.4 is 10.5 Å². The number of hydrogen-bond donors (Lipinski definition) is 2. The third-order valence-electron chi connectivity index (χ3n) is 2.73. The number of para-hydroxylation sites is 1. The van der Waals surface area contributed by atoms with Gasteiger partial charge in [-0.25, -0.2) is 0 Å². The summed E-state index contributed by atoms with van der Waals surface area (Å²) in [7, 11) is 1.61. The molecular formula is C13H21NO2. The third-order valence-corrected chi connectivity index (χ3v) is 2.73. The first-order valence-corrected chi connectivity index (χ1v) is 5.44.